The largest absolute Gasteiger partial charge is 0.466 e. The highest BCUT2D eigenvalue weighted by Crippen LogP contribution is 2.27. The Labute approximate surface area is 110 Å². The van der Waals surface area contributed by atoms with Crippen LogP contribution in [0, 0.1) is 6.92 Å². The number of aryl methyl sites for hydroxylation is 1. The van der Waals surface area contributed by atoms with Crippen LogP contribution in [0.4, 0.5) is 0 Å². The summed E-state index contributed by atoms with van der Waals surface area (Å²) >= 11 is 1.16. The van der Waals surface area contributed by atoms with Crippen LogP contribution in [0.3, 0.4) is 0 Å². The molecule has 1 aromatic carbocycles. The fourth-order valence-electron chi connectivity index (χ4n) is 1.13. The number of hydrogen-bond donors (Lipinski definition) is 0. The van der Waals surface area contributed by atoms with Gasteiger partial charge in [-0.1, -0.05) is 29.5 Å². The fraction of sp³-hybridized carbons (Fsp3) is 0.231. The third kappa shape index (κ3) is 4.25. The molecule has 0 saturated carbocycles. The van der Waals surface area contributed by atoms with Gasteiger partial charge in [0, 0.05) is 11.0 Å². The van der Waals surface area contributed by atoms with Crippen molar-refractivity contribution in [2.24, 2.45) is 0 Å². The van der Waals surface area contributed by atoms with Crippen molar-refractivity contribution < 1.29 is 19.1 Å². The van der Waals surface area contributed by atoms with Crippen LogP contribution in [0.1, 0.15) is 5.56 Å². The maximum Gasteiger partial charge on any atom is 0.344 e. The Kier molecular flexibility index (Phi) is 5.45. The highest BCUT2D eigenvalue weighted by molar-refractivity contribution is 8.04. The minimum atomic E-state index is -0.588. The molecule has 4 nitrogen and oxygen atoms in total. The molecular weight excluding hydrogens is 252 g/mol. The molecule has 0 aromatic heterocycles. The summed E-state index contributed by atoms with van der Waals surface area (Å²) in [6, 6.07) is 7.59. The van der Waals surface area contributed by atoms with E-state index in [1.807, 2.05) is 31.2 Å². The lowest BCUT2D eigenvalue weighted by Gasteiger charge is -2.05. The summed E-state index contributed by atoms with van der Waals surface area (Å²) in [6.07, 6.45) is 1.12. The number of thioether (sulfide) groups is 1. The van der Waals surface area contributed by atoms with Crippen molar-refractivity contribution in [2.45, 2.75) is 11.8 Å². The predicted molar refractivity (Wildman–Crippen MR) is 69.2 cm³/mol. The Bertz CT molecular complexity index is 462. The van der Waals surface area contributed by atoms with Gasteiger partial charge < -0.3 is 9.47 Å². The molecule has 0 N–H and O–H groups in total. The number of esters is 2. The third-order valence-corrected chi connectivity index (χ3v) is 3.10. The molecule has 0 radical (unpaired) electrons. The maximum absolute atomic E-state index is 11.5. The molecule has 0 spiro atoms. The average molecular weight is 266 g/mol. The zero-order valence-corrected chi connectivity index (χ0v) is 11.2. The summed E-state index contributed by atoms with van der Waals surface area (Å²) in [5.41, 5.74) is 1.12. The molecule has 96 valence electrons. The minimum Gasteiger partial charge on any atom is -0.466 e. The first-order chi connectivity index (χ1) is 8.56. The van der Waals surface area contributed by atoms with Crippen LogP contribution in [0.15, 0.2) is 40.1 Å². The van der Waals surface area contributed by atoms with Crippen LogP contribution in [0.25, 0.3) is 0 Å². The number of benzene rings is 1. The Balaban J connectivity index is 2.91. The lowest BCUT2D eigenvalue weighted by atomic mass is 10.2. The Morgan fingerprint density at radius 3 is 2.22 bits per heavy atom. The smallest absolute Gasteiger partial charge is 0.344 e. The van der Waals surface area contributed by atoms with E-state index in [2.05, 4.69) is 9.47 Å². The number of carbonyl (C=O) groups is 2. The molecule has 0 aliphatic heterocycles. The van der Waals surface area contributed by atoms with E-state index in [-0.39, 0.29) is 4.91 Å². The number of carbonyl (C=O) groups excluding carboxylic acids is 2. The molecule has 0 bridgehead atoms. The SMILES string of the molecule is COC(=O)/C=C(/Sc1ccc(C)cc1)C(=O)OC. The van der Waals surface area contributed by atoms with E-state index in [4.69, 9.17) is 0 Å². The summed E-state index contributed by atoms with van der Waals surface area (Å²) in [5.74, 6) is -1.15. The first-order valence-corrected chi connectivity index (χ1v) is 6.01. The van der Waals surface area contributed by atoms with Crippen LogP contribution in [-0.4, -0.2) is 26.2 Å². The molecule has 18 heavy (non-hydrogen) atoms. The second kappa shape index (κ2) is 6.86. The van der Waals surface area contributed by atoms with Crippen molar-refractivity contribution in [2.75, 3.05) is 14.2 Å². The highest BCUT2D eigenvalue weighted by Gasteiger charge is 2.14. The average Bonchev–Trinajstić information content (AvgIpc) is 2.39. The number of hydrogen-bond acceptors (Lipinski definition) is 5. The molecular formula is C13H14O4S. The molecule has 0 aliphatic carbocycles. The van der Waals surface area contributed by atoms with Crippen molar-refractivity contribution in [3.8, 4) is 0 Å². The quantitative estimate of drug-likeness (QED) is 0.475. The summed E-state index contributed by atoms with van der Waals surface area (Å²) in [4.78, 5) is 23.7. The van der Waals surface area contributed by atoms with Gasteiger partial charge in [-0.3, -0.25) is 0 Å². The van der Waals surface area contributed by atoms with Crippen LogP contribution in [-0.2, 0) is 19.1 Å². The van der Waals surface area contributed by atoms with Crippen LogP contribution in [0.5, 0.6) is 0 Å². The van der Waals surface area contributed by atoms with Gasteiger partial charge in [0.2, 0.25) is 0 Å². The van der Waals surface area contributed by atoms with Gasteiger partial charge in [-0.25, -0.2) is 9.59 Å². The van der Waals surface area contributed by atoms with Crippen LogP contribution in [0.2, 0.25) is 0 Å². The van der Waals surface area contributed by atoms with Gasteiger partial charge in [-0.05, 0) is 19.1 Å². The zero-order valence-electron chi connectivity index (χ0n) is 10.4. The van der Waals surface area contributed by atoms with E-state index in [1.54, 1.807) is 0 Å². The van der Waals surface area contributed by atoms with Crippen molar-refractivity contribution in [1.82, 2.24) is 0 Å². The van der Waals surface area contributed by atoms with Gasteiger partial charge >= 0.3 is 11.9 Å². The standard InChI is InChI=1S/C13H14O4S/c1-9-4-6-10(7-5-9)18-11(13(15)17-3)8-12(14)16-2/h4-8H,1-3H3/b11-8+. The van der Waals surface area contributed by atoms with Gasteiger partial charge in [-0.15, -0.1) is 0 Å². The Morgan fingerprint density at radius 1 is 1.11 bits per heavy atom. The van der Waals surface area contributed by atoms with E-state index in [9.17, 15) is 9.59 Å². The van der Waals surface area contributed by atoms with E-state index in [0.717, 1.165) is 28.3 Å². The zero-order chi connectivity index (χ0) is 13.5. The normalized spacial score (nSPS) is 10.9. The fourth-order valence-corrected chi connectivity index (χ4v) is 1.98. The molecule has 0 aliphatic rings. The maximum atomic E-state index is 11.5. The monoisotopic (exact) mass is 266 g/mol. The Hall–Kier alpha value is -1.75. The van der Waals surface area contributed by atoms with E-state index >= 15 is 0 Å². The topological polar surface area (TPSA) is 52.6 Å². The van der Waals surface area contributed by atoms with Crippen molar-refractivity contribution in [1.29, 1.82) is 0 Å². The minimum absolute atomic E-state index is 0.188. The van der Waals surface area contributed by atoms with E-state index < -0.39 is 11.9 Å². The molecule has 0 heterocycles. The predicted octanol–water partition coefficient (Wildman–Crippen LogP) is 2.32. The number of methoxy groups -OCH3 is 2. The summed E-state index contributed by atoms with van der Waals surface area (Å²) in [6.45, 7) is 1.97. The summed E-state index contributed by atoms with van der Waals surface area (Å²) in [5, 5.41) is 0. The Morgan fingerprint density at radius 2 is 1.72 bits per heavy atom. The molecule has 0 saturated heterocycles. The van der Waals surface area contributed by atoms with Crippen LogP contribution < -0.4 is 0 Å². The molecule has 1 rings (SSSR count). The molecule has 1 aromatic rings. The lowest BCUT2D eigenvalue weighted by molar-refractivity contribution is -0.137. The van der Waals surface area contributed by atoms with E-state index in [0.29, 0.717) is 0 Å². The van der Waals surface area contributed by atoms with E-state index in [1.165, 1.54) is 14.2 Å². The van der Waals surface area contributed by atoms with Crippen LogP contribution >= 0.6 is 11.8 Å². The van der Waals surface area contributed by atoms with Crippen molar-refractivity contribution >= 4 is 23.7 Å². The third-order valence-electron chi connectivity index (χ3n) is 2.09. The summed E-state index contributed by atoms with van der Waals surface area (Å²) in [7, 11) is 2.52. The molecule has 0 unspecified atom stereocenters. The van der Waals surface area contributed by atoms with Gasteiger partial charge in [0.1, 0.15) is 4.91 Å². The molecule has 0 atom stereocenters. The summed E-state index contributed by atoms with van der Waals surface area (Å²) < 4.78 is 9.11. The second-order valence-corrected chi connectivity index (χ2v) is 4.55. The highest BCUT2D eigenvalue weighted by atomic mass is 32.2. The molecule has 0 amide bonds. The lowest BCUT2D eigenvalue weighted by Crippen LogP contribution is -2.05. The second-order valence-electron chi connectivity index (χ2n) is 3.44. The van der Waals surface area contributed by atoms with Crippen molar-refractivity contribution in [3.63, 3.8) is 0 Å². The number of ether oxygens (including phenoxy) is 2. The van der Waals surface area contributed by atoms with Gasteiger partial charge in [0.25, 0.3) is 0 Å². The van der Waals surface area contributed by atoms with Gasteiger partial charge in [-0.2, -0.15) is 0 Å². The first-order valence-electron chi connectivity index (χ1n) is 5.19. The van der Waals surface area contributed by atoms with Gasteiger partial charge in [0.05, 0.1) is 14.2 Å². The molecule has 0 fully saturated rings. The van der Waals surface area contributed by atoms with Crippen molar-refractivity contribution in [3.05, 3.63) is 40.8 Å². The first kappa shape index (κ1) is 14.3. The molecule has 5 heteroatoms. The van der Waals surface area contributed by atoms with Gasteiger partial charge in [0.15, 0.2) is 0 Å². The number of rotatable bonds is 4.